The lowest BCUT2D eigenvalue weighted by molar-refractivity contribution is 0.0714. The summed E-state index contributed by atoms with van der Waals surface area (Å²) in [6.45, 7) is 10.9. The van der Waals surface area contributed by atoms with Gasteiger partial charge in [-0.05, 0) is 48.1 Å². The van der Waals surface area contributed by atoms with Gasteiger partial charge >= 0.3 is 0 Å². The van der Waals surface area contributed by atoms with Crippen LogP contribution < -0.4 is 5.43 Å². The minimum Gasteiger partial charge on any atom is -0.450 e. The van der Waals surface area contributed by atoms with Crippen molar-refractivity contribution in [2.45, 2.75) is 52.6 Å². The van der Waals surface area contributed by atoms with Gasteiger partial charge < -0.3 is 9.32 Å². The van der Waals surface area contributed by atoms with Gasteiger partial charge in [0.1, 0.15) is 5.58 Å². The van der Waals surface area contributed by atoms with Crippen molar-refractivity contribution in [3.05, 3.63) is 116 Å². The molecule has 0 bridgehead atoms. The van der Waals surface area contributed by atoms with Crippen LogP contribution in [0, 0.1) is 13.8 Å². The monoisotopic (exact) mass is 451 g/mol. The summed E-state index contributed by atoms with van der Waals surface area (Å²) in [5.41, 5.74) is 6.01. The number of rotatable bonds is 3. The Morgan fingerprint density at radius 2 is 1.50 bits per heavy atom. The summed E-state index contributed by atoms with van der Waals surface area (Å²) >= 11 is 0. The molecular weight excluding hydrogens is 422 g/mol. The summed E-state index contributed by atoms with van der Waals surface area (Å²) in [6, 6.07) is 21.4. The maximum Gasteiger partial charge on any atom is 0.291 e. The Kier molecular flexibility index (Phi) is 5.20. The number of carbonyl (C=O) groups is 1. The van der Waals surface area contributed by atoms with Crippen LogP contribution in [-0.4, -0.2) is 10.8 Å². The number of amides is 1. The molecule has 4 aromatic rings. The number of carbonyl (C=O) groups excluding carboxylic acids is 1. The van der Waals surface area contributed by atoms with E-state index in [1.165, 1.54) is 5.56 Å². The molecule has 1 aliphatic heterocycles. The summed E-state index contributed by atoms with van der Waals surface area (Å²) in [5.74, 6) is -0.0987. The molecule has 4 heteroatoms. The van der Waals surface area contributed by atoms with Crippen LogP contribution in [0.3, 0.4) is 0 Å². The first-order valence-corrected chi connectivity index (χ1v) is 11.7. The van der Waals surface area contributed by atoms with E-state index >= 15 is 0 Å². The summed E-state index contributed by atoms with van der Waals surface area (Å²) in [7, 11) is 0. The molecule has 34 heavy (non-hydrogen) atoms. The molecule has 0 saturated heterocycles. The van der Waals surface area contributed by atoms with E-state index in [0.29, 0.717) is 23.1 Å². The first-order valence-electron chi connectivity index (χ1n) is 11.7. The van der Waals surface area contributed by atoms with Crippen LogP contribution in [0.25, 0.3) is 11.0 Å². The normalized spacial score (nSPS) is 15.7. The van der Waals surface area contributed by atoms with E-state index in [4.69, 9.17) is 4.42 Å². The molecule has 1 atom stereocenters. The van der Waals surface area contributed by atoms with Crippen molar-refractivity contribution < 1.29 is 9.21 Å². The van der Waals surface area contributed by atoms with Gasteiger partial charge in [-0.15, -0.1) is 0 Å². The van der Waals surface area contributed by atoms with Gasteiger partial charge in [-0.2, -0.15) is 0 Å². The molecule has 1 amide bonds. The fourth-order valence-corrected chi connectivity index (χ4v) is 4.70. The number of benzene rings is 3. The average molecular weight is 452 g/mol. The van der Waals surface area contributed by atoms with Crippen LogP contribution in [0.4, 0.5) is 0 Å². The zero-order valence-corrected chi connectivity index (χ0v) is 20.3. The Hall–Kier alpha value is -3.66. The first-order chi connectivity index (χ1) is 16.1. The SMILES string of the molecule is Cc1ccc(CN2C(=O)c3oc4ccc(C)cc4c(=O)c3C2c2ccc(C(C)(C)C)cc2)cc1. The highest BCUT2D eigenvalue weighted by Gasteiger charge is 2.42. The van der Waals surface area contributed by atoms with Gasteiger partial charge in [-0.3, -0.25) is 9.59 Å². The van der Waals surface area contributed by atoms with Crippen molar-refractivity contribution in [3.8, 4) is 0 Å². The van der Waals surface area contributed by atoms with E-state index in [9.17, 15) is 9.59 Å². The summed E-state index contributed by atoms with van der Waals surface area (Å²) in [4.78, 5) is 29.1. The molecule has 2 heterocycles. The topological polar surface area (TPSA) is 50.5 Å². The Morgan fingerprint density at radius 3 is 2.15 bits per heavy atom. The van der Waals surface area contributed by atoms with Crippen LogP contribution in [0.2, 0.25) is 0 Å². The van der Waals surface area contributed by atoms with Crippen molar-refractivity contribution in [3.63, 3.8) is 0 Å². The zero-order chi connectivity index (χ0) is 24.2. The molecule has 3 aromatic carbocycles. The second-order valence-corrected chi connectivity index (χ2v) is 10.4. The molecule has 0 N–H and O–H groups in total. The van der Waals surface area contributed by atoms with E-state index in [1.807, 2.05) is 62.4 Å². The summed E-state index contributed by atoms with van der Waals surface area (Å²) in [6.07, 6.45) is 0. The molecule has 1 aliphatic rings. The van der Waals surface area contributed by atoms with E-state index in [0.717, 1.165) is 22.3 Å². The minimum atomic E-state index is -0.501. The van der Waals surface area contributed by atoms with Crippen LogP contribution in [0.15, 0.2) is 75.9 Å². The number of fused-ring (bicyclic) bond motifs is 2. The first kappa shape index (κ1) is 22.1. The lowest BCUT2D eigenvalue weighted by atomic mass is 9.86. The maximum atomic E-state index is 13.7. The van der Waals surface area contributed by atoms with Crippen LogP contribution in [-0.2, 0) is 12.0 Å². The third kappa shape index (κ3) is 3.73. The zero-order valence-electron chi connectivity index (χ0n) is 20.3. The van der Waals surface area contributed by atoms with Crippen molar-refractivity contribution in [1.29, 1.82) is 0 Å². The Morgan fingerprint density at radius 1 is 0.853 bits per heavy atom. The fraction of sp³-hybridized carbons (Fsp3) is 0.267. The van der Waals surface area contributed by atoms with Crippen molar-refractivity contribution in [2.24, 2.45) is 0 Å². The number of hydrogen-bond donors (Lipinski definition) is 0. The average Bonchev–Trinajstić information content (AvgIpc) is 3.07. The van der Waals surface area contributed by atoms with Gasteiger partial charge in [0.05, 0.1) is 17.0 Å². The van der Waals surface area contributed by atoms with Crippen molar-refractivity contribution >= 4 is 16.9 Å². The lowest BCUT2D eigenvalue weighted by Gasteiger charge is -2.26. The van der Waals surface area contributed by atoms with E-state index in [1.54, 1.807) is 11.0 Å². The molecule has 4 nitrogen and oxygen atoms in total. The van der Waals surface area contributed by atoms with Crippen molar-refractivity contribution in [2.75, 3.05) is 0 Å². The van der Waals surface area contributed by atoms with Crippen LogP contribution >= 0.6 is 0 Å². The van der Waals surface area contributed by atoms with Gasteiger partial charge in [0.2, 0.25) is 5.76 Å². The van der Waals surface area contributed by atoms with Crippen LogP contribution in [0.1, 0.15) is 70.7 Å². The number of nitrogens with zero attached hydrogens (tertiary/aromatic N) is 1. The molecule has 1 aromatic heterocycles. The smallest absolute Gasteiger partial charge is 0.291 e. The molecule has 0 spiro atoms. The Bertz CT molecular complexity index is 1450. The summed E-state index contributed by atoms with van der Waals surface area (Å²) in [5, 5.41) is 0.514. The third-order valence-corrected chi connectivity index (χ3v) is 6.69. The fourth-order valence-electron chi connectivity index (χ4n) is 4.70. The number of hydrogen-bond acceptors (Lipinski definition) is 3. The molecular formula is C30H29NO3. The molecule has 5 rings (SSSR count). The lowest BCUT2D eigenvalue weighted by Crippen LogP contribution is -2.29. The van der Waals surface area contributed by atoms with E-state index < -0.39 is 6.04 Å². The van der Waals surface area contributed by atoms with Crippen LogP contribution in [0.5, 0.6) is 0 Å². The second-order valence-electron chi connectivity index (χ2n) is 10.4. The summed E-state index contributed by atoms with van der Waals surface area (Å²) < 4.78 is 6.08. The van der Waals surface area contributed by atoms with Gasteiger partial charge in [0.15, 0.2) is 5.43 Å². The largest absolute Gasteiger partial charge is 0.450 e. The van der Waals surface area contributed by atoms with Gasteiger partial charge in [-0.1, -0.05) is 86.5 Å². The van der Waals surface area contributed by atoms with E-state index in [2.05, 4.69) is 32.9 Å². The Labute approximate surface area is 199 Å². The highest BCUT2D eigenvalue weighted by Crippen LogP contribution is 2.39. The predicted molar refractivity (Wildman–Crippen MR) is 135 cm³/mol. The molecule has 0 saturated carbocycles. The molecule has 1 unspecified atom stereocenters. The number of aryl methyl sites for hydroxylation is 2. The van der Waals surface area contributed by atoms with Gasteiger partial charge in [0.25, 0.3) is 5.91 Å². The minimum absolute atomic E-state index is 0.0102. The standard InChI is InChI=1S/C30H29NO3/c1-18-6-9-20(10-7-18)17-31-26(21-11-13-22(14-12-21)30(3,4)5)25-27(32)23-16-19(2)8-15-24(23)34-28(25)29(31)33/h6-16,26H,17H2,1-5H3. The molecule has 0 aliphatic carbocycles. The maximum absolute atomic E-state index is 13.7. The van der Waals surface area contributed by atoms with Gasteiger partial charge in [-0.25, -0.2) is 0 Å². The predicted octanol–water partition coefficient (Wildman–Crippen LogP) is 6.45. The van der Waals surface area contributed by atoms with Gasteiger partial charge in [0, 0.05) is 6.54 Å². The Balaban J connectivity index is 1.69. The van der Waals surface area contributed by atoms with Crippen molar-refractivity contribution in [1.82, 2.24) is 4.90 Å². The highest BCUT2D eigenvalue weighted by molar-refractivity contribution is 5.99. The second kappa shape index (κ2) is 7.98. The molecule has 0 radical (unpaired) electrons. The van der Waals surface area contributed by atoms with E-state index in [-0.39, 0.29) is 22.5 Å². The molecule has 172 valence electrons. The quantitative estimate of drug-likeness (QED) is 0.359. The molecule has 0 fully saturated rings. The highest BCUT2D eigenvalue weighted by atomic mass is 16.3. The third-order valence-electron chi connectivity index (χ3n) is 6.69.